The van der Waals surface area contributed by atoms with Crippen LogP contribution >= 0.6 is 23.2 Å². The minimum absolute atomic E-state index is 0.204. The number of rotatable bonds is 6. The Hall–Kier alpha value is -1.52. The topological polar surface area (TPSA) is 58.2 Å². The zero-order valence-corrected chi connectivity index (χ0v) is 15.6. The highest BCUT2D eigenvalue weighted by molar-refractivity contribution is 6.40. The summed E-state index contributed by atoms with van der Waals surface area (Å²) in [7, 11) is 0. The number of para-hydroxylation sites is 1. The molecule has 1 saturated carbocycles. The van der Waals surface area contributed by atoms with Crippen molar-refractivity contribution >= 4 is 40.7 Å². The zero-order chi connectivity index (χ0) is 17.9. The van der Waals surface area contributed by atoms with Crippen LogP contribution in [-0.2, 0) is 9.59 Å². The molecule has 2 N–H and O–H groups in total. The molecule has 134 valence electrons. The summed E-state index contributed by atoms with van der Waals surface area (Å²) in [5.41, 5.74) is 0.787. The first-order chi connectivity index (χ1) is 12.0. The van der Waals surface area contributed by atoms with Crippen molar-refractivity contribution in [2.45, 2.75) is 44.9 Å². The van der Waals surface area contributed by atoms with E-state index in [9.17, 15) is 9.59 Å². The number of amides is 2. The second kappa shape index (κ2) is 7.79. The lowest BCUT2D eigenvalue weighted by Crippen LogP contribution is -2.40. The van der Waals surface area contributed by atoms with Crippen molar-refractivity contribution in [2.24, 2.45) is 5.41 Å². The first-order valence-electron chi connectivity index (χ1n) is 8.74. The lowest BCUT2D eigenvalue weighted by atomic mass is 9.97. The van der Waals surface area contributed by atoms with Gasteiger partial charge in [-0.25, -0.2) is 0 Å². The predicted octanol–water partition coefficient (Wildman–Crippen LogP) is 4.72. The average Bonchev–Trinajstić information content (AvgIpc) is 3.41. The first kappa shape index (κ1) is 18.3. The minimum Gasteiger partial charge on any atom is -0.355 e. The Bertz CT molecular complexity index is 691. The van der Waals surface area contributed by atoms with E-state index < -0.39 is 5.41 Å². The van der Waals surface area contributed by atoms with Crippen LogP contribution in [0.15, 0.2) is 29.8 Å². The van der Waals surface area contributed by atoms with Crippen LogP contribution in [0, 0.1) is 5.41 Å². The van der Waals surface area contributed by atoms with Gasteiger partial charge in [0.25, 0.3) is 0 Å². The fourth-order valence-electron chi connectivity index (χ4n) is 3.17. The summed E-state index contributed by atoms with van der Waals surface area (Å²) < 4.78 is 0. The highest BCUT2D eigenvalue weighted by Gasteiger charge is 2.56. The van der Waals surface area contributed by atoms with E-state index in [1.54, 1.807) is 18.2 Å². The molecule has 2 aliphatic rings. The molecule has 0 unspecified atom stereocenters. The highest BCUT2D eigenvalue weighted by Crippen LogP contribution is 2.47. The second-order valence-electron chi connectivity index (χ2n) is 6.75. The van der Waals surface area contributed by atoms with Crippen LogP contribution < -0.4 is 10.6 Å². The molecule has 2 aliphatic carbocycles. The van der Waals surface area contributed by atoms with Gasteiger partial charge in [0.2, 0.25) is 11.8 Å². The van der Waals surface area contributed by atoms with Gasteiger partial charge in [-0.2, -0.15) is 0 Å². The lowest BCUT2D eigenvalue weighted by molar-refractivity contribution is -0.134. The Kier molecular flexibility index (Phi) is 5.70. The molecular weight excluding hydrogens is 359 g/mol. The number of benzene rings is 1. The molecule has 3 rings (SSSR count). The largest absolute Gasteiger partial charge is 0.355 e. The monoisotopic (exact) mass is 380 g/mol. The molecule has 1 aromatic carbocycles. The zero-order valence-electron chi connectivity index (χ0n) is 14.0. The van der Waals surface area contributed by atoms with Crippen LogP contribution in [0.2, 0.25) is 10.0 Å². The molecule has 0 aliphatic heterocycles. The van der Waals surface area contributed by atoms with Crippen molar-refractivity contribution in [2.75, 3.05) is 11.9 Å². The van der Waals surface area contributed by atoms with Crippen molar-refractivity contribution in [1.29, 1.82) is 0 Å². The fourth-order valence-corrected chi connectivity index (χ4v) is 3.66. The molecule has 0 atom stereocenters. The smallest absolute Gasteiger partial charge is 0.240 e. The van der Waals surface area contributed by atoms with E-state index in [4.69, 9.17) is 23.2 Å². The van der Waals surface area contributed by atoms with Crippen LogP contribution in [-0.4, -0.2) is 18.4 Å². The minimum atomic E-state index is -0.983. The first-order valence-corrected chi connectivity index (χ1v) is 9.50. The fraction of sp³-hybridized carbons (Fsp3) is 0.474. The maximum Gasteiger partial charge on any atom is 0.240 e. The molecular formula is C19H22Cl2N2O2. The number of halogens is 2. The van der Waals surface area contributed by atoms with Crippen LogP contribution in [0.25, 0.3) is 0 Å². The van der Waals surface area contributed by atoms with E-state index in [1.807, 2.05) is 0 Å². The Morgan fingerprint density at radius 3 is 2.40 bits per heavy atom. The van der Waals surface area contributed by atoms with Crippen LogP contribution in [0.4, 0.5) is 5.69 Å². The summed E-state index contributed by atoms with van der Waals surface area (Å²) >= 11 is 12.2. The molecule has 25 heavy (non-hydrogen) atoms. The number of hydrogen-bond acceptors (Lipinski definition) is 2. The van der Waals surface area contributed by atoms with E-state index in [2.05, 4.69) is 16.7 Å². The molecule has 0 bridgehead atoms. The van der Waals surface area contributed by atoms with E-state index in [0.717, 1.165) is 19.3 Å². The second-order valence-corrected chi connectivity index (χ2v) is 7.56. The number of hydrogen-bond donors (Lipinski definition) is 2. The van der Waals surface area contributed by atoms with Gasteiger partial charge < -0.3 is 10.6 Å². The quantitative estimate of drug-likeness (QED) is 0.553. The van der Waals surface area contributed by atoms with Crippen LogP contribution in [0.3, 0.4) is 0 Å². The number of carbonyl (C=O) groups excluding carboxylic acids is 2. The third-order valence-corrected chi connectivity index (χ3v) is 5.57. The molecule has 2 amide bonds. The molecule has 0 heterocycles. The van der Waals surface area contributed by atoms with E-state index in [1.165, 1.54) is 18.4 Å². The average molecular weight is 381 g/mol. The number of nitrogens with one attached hydrogen (secondary N) is 2. The van der Waals surface area contributed by atoms with Gasteiger partial charge in [-0.1, -0.05) is 40.9 Å². The van der Waals surface area contributed by atoms with Gasteiger partial charge in [-0.15, -0.1) is 0 Å². The van der Waals surface area contributed by atoms with Crippen molar-refractivity contribution in [3.8, 4) is 0 Å². The van der Waals surface area contributed by atoms with Crippen LogP contribution in [0.1, 0.15) is 44.9 Å². The summed E-state index contributed by atoms with van der Waals surface area (Å²) in [4.78, 5) is 25.1. The summed E-state index contributed by atoms with van der Waals surface area (Å²) in [6.45, 7) is 0.576. The Balaban J connectivity index is 1.56. The molecule has 6 heteroatoms. The van der Waals surface area contributed by atoms with Gasteiger partial charge in [0.05, 0.1) is 15.7 Å². The van der Waals surface area contributed by atoms with Gasteiger partial charge in [0.15, 0.2) is 0 Å². The third-order valence-electron chi connectivity index (χ3n) is 4.94. The molecule has 4 nitrogen and oxygen atoms in total. The number of carbonyl (C=O) groups is 2. The Labute approximate surface area is 158 Å². The summed E-state index contributed by atoms with van der Waals surface area (Å²) in [6, 6.07) is 5.01. The summed E-state index contributed by atoms with van der Waals surface area (Å²) in [6.07, 6.45) is 8.97. The number of allylic oxidation sites excluding steroid dienone is 1. The maximum absolute atomic E-state index is 12.6. The Morgan fingerprint density at radius 1 is 1.08 bits per heavy atom. The molecule has 1 aromatic rings. The Morgan fingerprint density at radius 2 is 1.80 bits per heavy atom. The predicted molar refractivity (Wildman–Crippen MR) is 101 cm³/mol. The maximum atomic E-state index is 12.6. The van der Waals surface area contributed by atoms with Gasteiger partial charge in [-0.05, 0) is 57.1 Å². The normalized spacial score (nSPS) is 18.2. The lowest BCUT2D eigenvalue weighted by Gasteiger charge is -2.18. The molecule has 0 aromatic heterocycles. The van der Waals surface area contributed by atoms with Gasteiger partial charge in [0, 0.05) is 6.54 Å². The number of anilines is 1. The third kappa shape index (κ3) is 4.18. The van der Waals surface area contributed by atoms with Crippen molar-refractivity contribution < 1.29 is 9.59 Å². The van der Waals surface area contributed by atoms with E-state index in [-0.39, 0.29) is 11.8 Å². The van der Waals surface area contributed by atoms with Crippen molar-refractivity contribution in [1.82, 2.24) is 5.32 Å². The SMILES string of the molecule is O=C(NCCC1=CCCCC1)C1(C(=O)Nc2c(Cl)cccc2Cl)CC1. The molecule has 0 spiro atoms. The summed E-state index contributed by atoms with van der Waals surface area (Å²) in [5, 5.41) is 6.37. The van der Waals surface area contributed by atoms with Gasteiger partial charge in [0.1, 0.15) is 5.41 Å². The van der Waals surface area contributed by atoms with Gasteiger partial charge >= 0.3 is 0 Å². The molecule has 0 saturated heterocycles. The van der Waals surface area contributed by atoms with Crippen molar-refractivity contribution in [3.63, 3.8) is 0 Å². The van der Waals surface area contributed by atoms with Crippen LogP contribution in [0.5, 0.6) is 0 Å². The summed E-state index contributed by atoms with van der Waals surface area (Å²) in [5.74, 6) is -0.540. The highest BCUT2D eigenvalue weighted by atomic mass is 35.5. The van der Waals surface area contributed by atoms with Crippen molar-refractivity contribution in [3.05, 3.63) is 39.9 Å². The van der Waals surface area contributed by atoms with E-state index >= 15 is 0 Å². The van der Waals surface area contributed by atoms with E-state index in [0.29, 0.717) is 35.1 Å². The standard InChI is InChI=1S/C19H22Cl2N2O2/c20-14-7-4-8-15(21)16(14)23-18(25)19(10-11-19)17(24)22-12-9-13-5-2-1-3-6-13/h4-5,7-8H,1-3,6,9-12H2,(H,22,24)(H,23,25). The molecule has 1 fully saturated rings. The van der Waals surface area contributed by atoms with Gasteiger partial charge in [-0.3, -0.25) is 9.59 Å². The molecule has 0 radical (unpaired) electrons.